The van der Waals surface area contributed by atoms with Crippen LogP contribution < -0.4 is 4.74 Å². The monoisotopic (exact) mass is 398 g/mol. The van der Waals surface area contributed by atoms with Crippen LogP contribution in [0.2, 0.25) is 0 Å². The number of methoxy groups -OCH3 is 1. The molecule has 6 heteroatoms. The Morgan fingerprint density at radius 3 is 2.50 bits per heavy atom. The first-order valence-electron chi connectivity index (χ1n) is 9.62. The maximum Gasteiger partial charge on any atom is 0.243 e. The van der Waals surface area contributed by atoms with E-state index in [4.69, 9.17) is 4.74 Å². The van der Waals surface area contributed by atoms with Crippen LogP contribution in [0.4, 0.5) is 0 Å². The normalized spacial score (nSPS) is 16.5. The molecule has 5 nitrogen and oxygen atoms in total. The molecule has 1 N–H and O–H groups in total. The SMILES string of the molecule is COc1ccc2[nH]cc(C3CCN(S(=O)(=O)c4ccc(C)cc4C)CC3)c2c1. The molecule has 148 valence electrons. The number of ether oxygens (including phenoxy) is 1. The van der Waals surface area contributed by atoms with E-state index in [0.717, 1.165) is 40.6 Å². The summed E-state index contributed by atoms with van der Waals surface area (Å²) in [7, 11) is -1.78. The summed E-state index contributed by atoms with van der Waals surface area (Å²) in [5, 5.41) is 1.16. The molecule has 0 unspecified atom stereocenters. The summed E-state index contributed by atoms with van der Waals surface area (Å²) in [6.07, 6.45) is 3.69. The van der Waals surface area contributed by atoms with Gasteiger partial charge < -0.3 is 9.72 Å². The predicted molar refractivity (Wildman–Crippen MR) is 112 cm³/mol. The van der Waals surface area contributed by atoms with Gasteiger partial charge in [0.2, 0.25) is 10.0 Å². The third kappa shape index (κ3) is 3.31. The highest BCUT2D eigenvalue weighted by Crippen LogP contribution is 2.36. The summed E-state index contributed by atoms with van der Waals surface area (Å²) in [5.41, 5.74) is 4.22. The highest BCUT2D eigenvalue weighted by atomic mass is 32.2. The first-order chi connectivity index (χ1) is 13.4. The van der Waals surface area contributed by atoms with Gasteiger partial charge in [0.1, 0.15) is 5.75 Å². The molecule has 0 bridgehead atoms. The van der Waals surface area contributed by atoms with Crippen molar-refractivity contribution in [3.8, 4) is 5.75 Å². The third-order valence-electron chi connectivity index (χ3n) is 5.76. The number of aromatic amines is 1. The Kier molecular flexibility index (Phi) is 4.93. The first-order valence-corrected chi connectivity index (χ1v) is 11.1. The molecule has 0 aliphatic carbocycles. The second-order valence-corrected chi connectivity index (χ2v) is 9.51. The topological polar surface area (TPSA) is 62.4 Å². The third-order valence-corrected chi connectivity index (χ3v) is 7.82. The maximum atomic E-state index is 13.1. The number of fused-ring (bicyclic) bond motifs is 1. The van der Waals surface area contributed by atoms with Gasteiger partial charge in [-0.1, -0.05) is 17.7 Å². The maximum absolute atomic E-state index is 13.1. The van der Waals surface area contributed by atoms with Crippen molar-refractivity contribution in [1.82, 2.24) is 9.29 Å². The summed E-state index contributed by atoms with van der Waals surface area (Å²) in [5.74, 6) is 1.18. The van der Waals surface area contributed by atoms with Crippen LogP contribution in [0.1, 0.15) is 35.4 Å². The van der Waals surface area contributed by atoms with Gasteiger partial charge in [-0.15, -0.1) is 0 Å². The Morgan fingerprint density at radius 1 is 1.07 bits per heavy atom. The van der Waals surface area contributed by atoms with E-state index in [1.54, 1.807) is 17.5 Å². The van der Waals surface area contributed by atoms with E-state index in [9.17, 15) is 8.42 Å². The second-order valence-electron chi connectivity index (χ2n) is 7.60. The molecule has 28 heavy (non-hydrogen) atoms. The van der Waals surface area contributed by atoms with Crippen LogP contribution in [0.15, 0.2) is 47.5 Å². The van der Waals surface area contributed by atoms with Gasteiger partial charge in [0.05, 0.1) is 12.0 Å². The van der Waals surface area contributed by atoms with Gasteiger partial charge in [0.15, 0.2) is 0 Å². The number of aryl methyl sites for hydroxylation is 2. The Bertz CT molecular complexity index is 1110. The Balaban J connectivity index is 1.55. The molecule has 1 saturated heterocycles. The summed E-state index contributed by atoms with van der Waals surface area (Å²) in [6, 6.07) is 11.6. The van der Waals surface area contributed by atoms with Crippen molar-refractivity contribution in [3.63, 3.8) is 0 Å². The Labute approximate surface area is 166 Å². The van der Waals surface area contributed by atoms with E-state index in [-0.39, 0.29) is 0 Å². The number of nitrogens with zero attached hydrogens (tertiary/aromatic N) is 1. The lowest BCUT2D eigenvalue weighted by Crippen LogP contribution is -2.38. The summed E-state index contributed by atoms with van der Waals surface area (Å²) in [6.45, 7) is 4.92. The first kappa shape index (κ1) is 19.0. The van der Waals surface area contributed by atoms with Crippen LogP contribution in [-0.2, 0) is 10.0 Å². The van der Waals surface area contributed by atoms with E-state index in [2.05, 4.69) is 17.2 Å². The van der Waals surface area contributed by atoms with Gasteiger partial charge in [0.25, 0.3) is 0 Å². The van der Waals surface area contributed by atoms with Crippen LogP contribution in [-0.4, -0.2) is 37.9 Å². The minimum absolute atomic E-state index is 0.339. The number of piperidine rings is 1. The molecule has 3 aromatic rings. The minimum atomic E-state index is -3.45. The van der Waals surface area contributed by atoms with Crippen molar-refractivity contribution in [2.75, 3.05) is 20.2 Å². The number of aromatic nitrogens is 1. The molecule has 1 aromatic heterocycles. The van der Waals surface area contributed by atoms with Crippen molar-refractivity contribution >= 4 is 20.9 Å². The minimum Gasteiger partial charge on any atom is -0.497 e. The molecule has 2 aromatic carbocycles. The average molecular weight is 399 g/mol. The van der Waals surface area contributed by atoms with Crippen molar-refractivity contribution in [1.29, 1.82) is 0 Å². The molecule has 4 rings (SSSR count). The smallest absolute Gasteiger partial charge is 0.243 e. The lowest BCUT2D eigenvalue weighted by molar-refractivity contribution is 0.320. The van der Waals surface area contributed by atoms with Crippen LogP contribution in [0, 0.1) is 13.8 Å². The number of H-pyrrole nitrogens is 1. The van der Waals surface area contributed by atoms with Gasteiger partial charge in [-0.25, -0.2) is 8.42 Å². The molecule has 2 heterocycles. The number of benzene rings is 2. The van der Waals surface area contributed by atoms with Gasteiger partial charge >= 0.3 is 0 Å². The standard InChI is InChI=1S/C22H26N2O3S/c1-15-4-7-22(16(2)12-15)28(25,26)24-10-8-17(9-11-24)20-14-23-21-6-5-18(27-3)13-19(20)21/h4-7,12-14,17,23H,8-11H2,1-3H3. The van der Waals surface area contributed by atoms with Gasteiger partial charge in [-0.3, -0.25) is 0 Å². The quantitative estimate of drug-likeness (QED) is 0.710. The summed E-state index contributed by atoms with van der Waals surface area (Å²) < 4.78 is 33.2. The number of hydrogen-bond donors (Lipinski definition) is 1. The van der Waals surface area contributed by atoms with Gasteiger partial charge in [-0.2, -0.15) is 4.31 Å². The van der Waals surface area contributed by atoms with Crippen molar-refractivity contribution in [3.05, 3.63) is 59.3 Å². The van der Waals surface area contributed by atoms with Gasteiger partial charge in [0, 0.05) is 30.2 Å². The summed E-state index contributed by atoms with van der Waals surface area (Å²) in [4.78, 5) is 3.75. The van der Waals surface area contributed by atoms with Crippen LogP contribution in [0.3, 0.4) is 0 Å². The second kappa shape index (κ2) is 7.26. The van der Waals surface area contributed by atoms with E-state index in [1.165, 1.54) is 5.56 Å². The summed E-state index contributed by atoms with van der Waals surface area (Å²) >= 11 is 0. The highest BCUT2D eigenvalue weighted by molar-refractivity contribution is 7.89. The lowest BCUT2D eigenvalue weighted by atomic mass is 9.90. The highest BCUT2D eigenvalue weighted by Gasteiger charge is 2.31. The predicted octanol–water partition coefficient (Wildman–Crippen LogP) is 4.36. The molecular weight excluding hydrogens is 372 g/mol. The fraction of sp³-hybridized carbons (Fsp3) is 0.364. The van der Waals surface area contributed by atoms with E-state index in [0.29, 0.717) is 23.9 Å². The average Bonchev–Trinajstić information content (AvgIpc) is 3.10. The molecule has 1 aliphatic rings. The van der Waals surface area contributed by atoms with E-state index in [1.807, 2.05) is 38.1 Å². The Hall–Kier alpha value is -2.31. The largest absolute Gasteiger partial charge is 0.497 e. The number of rotatable bonds is 4. The molecule has 1 fully saturated rings. The lowest BCUT2D eigenvalue weighted by Gasteiger charge is -2.31. The zero-order valence-electron chi connectivity index (χ0n) is 16.5. The fourth-order valence-electron chi connectivity index (χ4n) is 4.22. The molecule has 0 amide bonds. The van der Waals surface area contributed by atoms with Crippen molar-refractivity contribution in [2.45, 2.75) is 37.5 Å². The zero-order chi connectivity index (χ0) is 19.9. The van der Waals surface area contributed by atoms with Crippen molar-refractivity contribution < 1.29 is 13.2 Å². The number of nitrogens with one attached hydrogen (secondary N) is 1. The molecule has 0 saturated carbocycles. The number of sulfonamides is 1. The van der Waals surface area contributed by atoms with E-state index >= 15 is 0 Å². The number of hydrogen-bond acceptors (Lipinski definition) is 3. The fourth-order valence-corrected chi connectivity index (χ4v) is 5.90. The Morgan fingerprint density at radius 2 is 1.82 bits per heavy atom. The van der Waals surface area contributed by atoms with Crippen molar-refractivity contribution in [2.24, 2.45) is 0 Å². The van der Waals surface area contributed by atoms with Crippen LogP contribution in [0.25, 0.3) is 10.9 Å². The van der Waals surface area contributed by atoms with Gasteiger partial charge in [-0.05, 0) is 68.0 Å². The molecule has 0 radical (unpaired) electrons. The molecule has 0 spiro atoms. The molecule has 0 atom stereocenters. The van der Waals surface area contributed by atoms with Crippen LogP contribution >= 0.6 is 0 Å². The van der Waals surface area contributed by atoms with E-state index < -0.39 is 10.0 Å². The molecule has 1 aliphatic heterocycles. The van der Waals surface area contributed by atoms with Crippen LogP contribution in [0.5, 0.6) is 5.75 Å². The zero-order valence-corrected chi connectivity index (χ0v) is 17.3. The molecular formula is C22H26N2O3S.